The van der Waals surface area contributed by atoms with Crippen LogP contribution < -0.4 is 5.32 Å². The Bertz CT molecular complexity index is 556. The molecular weight excluding hydrogens is 238 g/mol. The molecule has 2 heterocycles. The van der Waals surface area contributed by atoms with Gasteiger partial charge in [-0.15, -0.1) is 11.3 Å². The molecule has 16 heavy (non-hydrogen) atoms. The van der Waals surface area contributed by atoms with E-state index >= 15 is 0 Å². The summed E-state index contributed by atoms with van der Waals surface area (Å²) in [5.74, 6) is 0. The maximum atomic E-state index is 6.00. The highest BCUT2D eigenvalue weighted by Gasteiger charge is 2.09. The van der Waals surface area contributed by atoms with Gasteiger partial charge in [-0.3, -0.25) is 0 Å². The molecule has 1 aliphatic heterocycles. The van der Waals surface area contributed by atoms with Crippen molar-refractivity contribution in [1.82, 2.24) is 5.32 Å². The summed E-state index contributed by atoms with van der Waals surface area (Å²) in [5.41, 5.74) is 1.47. The van der Waals surface area contributed by atoms with Crippen molar-refractivity contribution in [3.63, 3.8) is 0 Å². The molecule has 0 atom stereocenters. The summed E-state index contributed by atoms with van der Waals surface area (Å²) < 4.78 is 1.28. The summed E-state index contributed by atoms with van der Waals surface area (Å²) in [7, 11) is 0. The average molecular weight is 250 g/mol. The van der Waals surface area contributed by atoms with E-state index in [-0.39, 0.29) is 0 Å². The Kier molecular flexibility index (Phi) is 2.72. The molecule has 0 amide bonds. The number of halogens is 1. The molecule has 1 aliphatic rings. The lowest BCUT2D eigenvalue weighted by atomic mass is 10.1. The van der Waals surface area contributed by atoms with E-state index in [1.165, 1.54) is 20.5 Å². The second-order valence-corrected chi connectivity index (χ2v) is 5.50. The van der Waals surface area contributed by atoms with Crippen LogP contribution in [0.1, 0.15) is 11.3 Å². The number of hydrogen-bond acceptors (Lipinski definition) is 2. The molecule has 0 fully saturated rings. The van der Waals surface area contributed by atoms with Gasteiger partial charge in [0.05, 0.1) is 0 Å². The number of hydrogen-bond donors (Lipinski definition) is 1. The van der Waals surface area contributed by atoms with Crippen LogP contribution in [0, 0.1) is 0 Å². The molecule has 1 aromatic carbocycles. The van der Waals surface area contributed by atoms with E-state index in [9.17, 15) is 0 Å². The normalized spacial score (nSPS) is 16.4. The predicted octanol–water partition coefficient (Wildman–Crippen LogP) is 3.93. The Balaban J connectivity index is 2.07. The van der Waals surface area contributed by atoms with Gasteiger partial charge in [-0.2, -0.15) is 0 Å². The van der Waals surface area contributed by atoms with Crippen LogP contribution in [-0.2, 0) is 0 Å². The zero-order valence-corrected chi connectivity index (χ0v) is 10.4. The van der Waals surface area contributed by atoms with Gasteiger partial charge in [0.15, 0.2) is 0 Å². The molecular formula is C13H12ClNS. The quantitative estimate of drug-likeness (QED) is 0.808. The lowest BCUT2D eigenvalue weighted by molar-refractivity contribution is 0.739. The average Bonchev–Trinajstić information content (AvgIpc) is 2.73. The van der Waals surface area contributed by atoms with Crippen LogP contribution in [0.15, 0.2) is 30.3 Å². The van der Waals surface area contributed by atoms with Crippen LogP contribution in [0.5, 0.6) is 0 Å². The highest BCUT2D eigenvalue weighted by atomic mass is 35.5. The van der Waals surface area contributed by atoms with E-state index in [0.717, 1.165) is 24.5 Å². The molecule has 1 nitrogen and oxygen atoms in total. The highest BCUT2D eigenvalue weighted by Crippen LogP contribution is 2.33. The summed E-state index contributed by atoms with van der Waals surface area (Å²) in [6, 6.07) is 8.37. The molecule has 2 aromatic rings. The minimum absolute atomic E-state index is 0.820. The van der Waals surface area contributed by atoms with Gasteiger partial charge < -0.3 is 5.32 Å². The van der Waals surface area contributed by atoms with Gasteiger partial charge in [0.2, 0.25) is 0 Å². The van der Waals surface area contributed by atoms with Crippen molar-refractivity contribution in [3.05, 3.63) is 40.2 Å². The molecule has 1 aromatic heterocycles. The fourth-order valence-corrected chi connectivity index (χ4v) is 3.42. The second kappa shape index (κ2) is 4.21. The van der Waals surface area contributed by atoms with Gasteiger partial charge >= 0.3 is 0 Å². The van der Waals surface area contributed by atoms with Gasteiger partial charge in [0.1, 0.15) is 0 Å². The smallest absolute Gasteiger partial charge is 0.0420 e. The zero-order chi connectivity index (χ0) is 11.0. The Hall–Kier alpha value is -0.830. The first-order valence-corrected chi connectivity index (χ1v) is 6.61. The molecule has 0 radical (unpaired) electrons. The lowest BCUT2D eigenvalue weighted by Gasteiger charge is -2.11. The fourth-order valence-electron chi connectivity index (χ4n) is 2.01. The number of fused-ring (bicyclic) bond motifs is 1. The second-order valence-electron chi connectivity index (χ2n) is 3.98. The van der Waals surface area contributed by atoms with Gasteiger partial charge in [0.25, 0.3) is 0 Å². The molecule has 1 N–H and O–H groups in total. The molecule has 3 heteroatoms. The monoisotopic (exact) mass is 249 g/mol. The van der Waals surface area contributed by atoms with E-state index in [0.29, 0.717) is 0 Å². The number of thiophene rings is 1. The third kappa shape index (κ3) is 1.88. The fraction of sp³-hybridized carbons (Fsp3) is 0.231. The van der Waals surface area contributed by atoms with Crippen molar-refractivity contribution in [2.45, 2.75) is 6.42 Å². The third-order valence-corrected chi connectivity index (χ3v) is 4.27. The van der Waals surface area contributed by atoms with Crippen LogP contribution in [0.3, 0.4) is 0 Å². The van der Waals surface area contributed by atoms with E-state index in [1.807, 2.05) is 23.5 Å². The van der Waals surface area contributed by atoms with Gasteiger partial charge in [0, 0.05) is 21.1 Å². The van der Waals surface area contributed by atoms with Gasteiger partial charge in [-0.25, -0.2) is 0 Å². The van der Waals surface area contributed by atoms with Crippen molar-refractivity contribution in [2.24, 2.45) is 0 Å². The Morgan fingerprint density at radius 1 is 1.25 bits per heavy atom. The van der Waals surface area contributed by atoms with Crippen LogP contribution in [-0.4, -0.2) is 13.1 Å². The number of rotatable bonds is 1. The SMILES string of the molecule is Clc1ccc2cc(C3=CCNCC3)sc2c1. The van der Waals surface area contributed by atoms with Gasteiger partial charge in [-0.1, -0.05) is 23.7 Å². The minimum Gasteiger partial charge on any atom is -0.313 e. The zero-order valence-electron chi connectivity index (χ0n) is 8.79. The maximum absolute atomic E-state index is 6.00. The molecule has 0 spiro atoms. The Morgan fingerprint density at radius 2 is 2.19 bits per heavy atom. The van der Waals surface area contributed by atoms with Crippen molar-refractivity contribution in [1.29, 1.82) is 0 Å². The summed E-state index contributed by atoms with van der Waals surface area (Å²) in [6.07, 6.45) is 3.41. The topological polar surface area (TPSA) is 12.0 Å². The molecule has 0 saturated heterocycles. The van der Waals surface area contributed by atoms with E-state index in [4.69, 9.17) is 11.6 Å². The van der Waals surface area contributed by atoms with Crippen molar-refractivity contribution in [3.8, 4) is 0 Å². The lowest BCUT2D eigenvalue weighted by Crippen LogP contribution is -2.19. The largest absolute Gasteiger partial charge is 0.313 e. The summed E-state index contributed by atoms with van der Waals surface area (Å²) >= 11 is 7.83. The first-order chi connectivity index (χ1) is 7.83. The summed E-state index contributed by atoms with van der Waals surface area (Å²) in [6.45, 7) is 2.07. The molecule has 0 bridgehead atoms. The van der Waals surface area contributed by atoms with E-state index < -0.39 is 0 Å². The van der Waals surface area contributed by atoms with E-state index in [1.54, 1.807) is 0 Å². The standard InChI is InChI=1S/C13H12ClNS/c14-11-2-1-10-7-12(16-13(10)8-11)9-3-5-15-6-4-9/h1-3,7-8,15H,4-6H2. The van der Waals surface area contributed by atoms with Crippen LogP contribution in [0.25, 0.3) is 15.7 Å². The van der Waals surface area contributed by atoms with Crippen molar-refractivity contribution in [2.75, 3.05) is 13.1 Å². The van der Waals surface area contributed by atoms with Crippen LogP contribution >= 0.6 is 22.9 Å². The highest BCUT2D eigenvalue weighted by molar-refractivity contribution is 7.20. The molecule has 0 saturated carbocycles. The number of benzene rings is 1. The predicted molar refractivity (Wildman–Crippen MR) is 72.3 cm³/mol. The van der Waals surface area contributed by atoms with Crippen LogP contribution in [0.4, 0.5) is 0 Å². The van der Waals surface area contributed by atoms with Crippen molar-refractivity contribution >= 4 is 38.6 Å². The van der Waals surface area contributed by atoms with Crippen LogP contribution in [0.2, 0.25) is 5.02 Å². The van der Waals surface area contributed by atoms with E-state index in [2.05, 4.69) is 23.5 Å². The Labute approximate surface area is 104 Å². The maximum Gasteiger partial charge on any atom is 0.0420 e. The first kappa shape index (κ1) is 10.3. The Morgan fingerprint density at radius 3 is 3.00 bits per heavy atom. The van der Waals surface area contributed by atoms with Crippen molar-refractivity contribution < 1.29 is 0 Å². The third-order valence-electron chi connectivity index (χ3n) is 2.86. The first-order valence-electron chi connectivity index (χ1n) is 5.42. The number of nitrogens with one attached hydrogen (secondary N) is 1. The molecule has 0 aliphatic carbocycles. The van der Waals surface area contributed by atoms with Gasteiger partial charge in [-0.05, 0) is 42.1 Å². The summed E-state index contributed by atoms with van der Waals surface area (Å²) in [4.78, 5) is 1.39. The molecule has 0 unspecified atom stereocenters. The molecule has 3 rings (SSSR count). The molecule has 82 valence electrons. The minimum atomic E-state index is 0.820. The summed E-state index contributed by atoms with van der Waals surface area (Å²) in [5, 5.41) is 5.45.